The number of benzene rings is 3. The monoisotopic (exact) mass is 517 g/mol. The Hall–Kier alpha value is -4.20. The predicted octanol–water partition coefficient (Wildman–Crippen LogP) is 5.86. The van der Waals surface area contributed by atoms with Gasteiger partial charge in [0, 0.05) is 37.2 Å². The van der Waals surface area contributed by atoms with Crippen LogP contribution in [-0.4, -0.2) is 38.7 Å². The average molecular weight is 518 g/mol. The summed E-state index contributed by atoms with van der Waals surface area (Å²) in [5.41, 5.74) is 4.35. The van der Waals surface area contributed by atoms with E-state index in [0.29, 0.717) is 30.9 Å². The number of para-hydroxylation sites is 2. The minimum absolute atomic E-state index is 0.0363. The zero-order valence-electron chi connectivity index (χ0n) is 22.8. The second-order valence-corrected chi connectivity index (χ2v) is 9.74. The van der Waals surface area contributed by atoms with Crippen molar-refractivity contribution in [1.82, 2.24) is 0 Å². The summed E-state index contributed by atoms with van der Waals surface area (Å²) in [6, 6.07) is 17.1. The molecule has 0 saturated heterocycles. The largest absolute Gasteiger partial charge is 0.496 e. The van der Waals surface area contributed by atoms with Crippen molar-refractivity contribution in [2.24, 2.45) is 0 Å². The number of nitrogens with zero attached hydrogens (tertiary/aromatic N) is 1. The van der Waals surface area contributed by atoms with Gasteiger partial charge < -0.3 is 29.7 Å². The number of carbonyl (C=O) groups is 2. The Bertz CT molecular complexity index is 1350. The summed E-state index contributed by atoms with van der Waals surface area (Å²) in [4.78, 5) is 27.0. The molecular weight excluding hydrogens is 482 g/mol. The van der Waals surface area contributed by atoms with Gasteiger partial charge in [0.05, 0.1) is 31.3 Å². The number of methoxy groups -OCH3 is 2. The molecule has 0 saturated carbocycles. The topological polar surface area (TPSA) is 89.1 Å². The summed E-state index contributed by atoms with van der Waals surface area (Å²) in [5.74, 6) is 1.38. The molecule has 38 heavy (non-hydrogen) atoms. The molecule has 0 radical (unpaired) electrons. The van der Waals surface area contributed by atoms with Crippen molar-refractivity contribution >= 4 is 28.9 Å². The third kappa shape index (κ3) is 5.25. The highest BCUT2D eigenvalue weighted by Crippen LogP contribution is 2.45. The van der Waals surface area contributed by atoms with Gasteiger partial charge >= 0.3 is 5.97 Å². The minimum atomic E-state index is -0.738. The number of rotatable bonds is 9. The van der Waals surface area contributed by atoms with E-state index in [0.717, 1.165) is 39.5 Å². The van der Waals surface area contributed by atoms with Crippen molar-refractivity contribution in [3.8, 4) is 28.4 Å². The molecule has 3 aromatic rings. The molecule has 0 aromatic heterocycles. The highest BCUT2D eigenvalue weighted by atomic mass is 16.5. The number of nitrogens with one attached hydrogen (secondary N) is 2. The van der Waals surface area contributed by atoms with E-state index in [-0.39, 0.29) is 11.9 Å². The second kappa shape index (κ2) is 11.0. The molecule has 4 rings (SSSR count). The van der Waals surface area contributed by atoms with E-state index >= 15 is 0 Å². The summed E-state index contributed by atoms with van der Waals surface area (Å²) in [6.45, 7) is 6.09. The lowest BCUT2D eigenvalue weighted by Crippen LogP contribution is -2.52. The van der Waals surface area contributed by atoms with Crippen molar-refractivity contribution in [2.75, 3.05) is 36.8 Å². The van der Waals surface area contributed by atoms with E-state index in [1.165, 1.54) is 0 Å². The SMILES string of the molecule is CCCC(=O)Oc1ccc(-c2ccc3c(c2CNc2ccccc2OC)N(C)C(=O)C(C)(C)N3)c(OC)c1. The van der Waals surface area contributed by atoms with Gasteiger partial charge in [-0.15, -0.1) is 0 Å². The Kier molecular flexibility index (Phi) is 7.80. The summed E-state index contributed by atoms with van der Waals surface area (Å²) < 4.78 is 16.7. The lowest BCUT2D eigenvalue weighted by Gasteiger charge is -2.40. The Labute approximate surface area is 223 Å². The van der Waals surface area contributed by atoms with Crippen molar-refractivity contribution in [3.63, 3.8) is 0 Å². The number of carbonyl (C=O) groups excluding carboxylic acids is 2. The molecule has 8 nitrogen and oxygen atoms in total. The van der Waals surface area contributed by atoms with Gasteiger partial charge in [-0.1, -0.05) is 25.1 Å². The summed E-state index contributed by atoms with van der Waals surface area (Å²) in [6.07, 6.45) is 1.06. The molecule has 8 heteroatoms. The number of hydrogen-bond acceptors (Lipinski definition) is 7. The number of likely N-dealkylation sites (N-methyl/N-ethyl adjacent to an activating group) is 1. The summed E-state index contributed by atoms with van der Waals surface area (Å²) >= 11 is 0. The molecule has 0 fully saturated rings. The number of ether oxygens (including phenoxy) is 3. The molecule has 1 amide bonds. The van der Waals surface area contributed by atoms with Gasteiger partial charge in [0.15, 0.2) is 0 Å². The maximum atomic E-state index is 13.3. The van der Waals surface area contributed by atoms with Crippen molar-refractivity contribution in [3.05, 3.63) is 60.2 Å². The van der Waals surface area contributed by atoms with Crippen molar-refractivity contribution in [1.29, 1.82) is 0 Å². The fraction of sp³-hybridized carbons (Fsp3) is 0.333. The first-order chi connectivity index (χ1) is 18.2. The van der Waals surface area contributed by atoms with Gasteiger partial charge in [0.2, 0.25) is 0 Å². The van der Waals surface area contributed by atoms with Gasteiger partial charge in [0.25, 0.3) is 5.91 Å². The molecule has 0 spiro atoms. The van der Waals surface area contributed by atoms with E-state index < -0.39 is 5.54 Å². The quantitative estimate of drug-likeness (QED) is 0.272. The standard InChI is InChI=1S/C30H35N3O5/c1-7-10-27(34)38-19-13-14-21(26(17-19)37-6)20-15-16-24-28(33(4)29(35)30(2,3)32-24)22(20)18-31-23-11-8-9-12-25(23)36-5/h8-9,11-17,31-32H,7,10,18H2,1-6H3. The first-order valence-corrected chi connectivity index (χ1v) is 12.7. The molecule has 1 aliphatic rings. The van der Waals surface area contributed by atoms with Crippen LogP contribution in [0.15, 0.2) is 54.6 Å². The lowest BCUT2D eigenvalue weighted by molar-refractivity contribution is -0.134. The Morgan fingerprint density at radius 2 is 1.71 bits per heavy atom. The normalized spacial score (nSPS) is 13.8. The zero-order valence-corrected chi connectivity index (χ0v) is 22.8. The van der Waals surface area contributed by atoms with Crippen LogP contribution in [0.3, 0.4) is 0 Å². The van der Waals surface area contributed by atoms with E-state index in [9.17, 15) is 9.59 Å². The summed E-state index contributed by atoms with van der Waals surface area (Å²) in [5, 5.41) is 6.88. The third-order valence-corrected chi connectivity index (χ3v) is 6.62. The van der Waals surface area contributed by atoms with Crippen LogP contribution in [0.1, 0.15) is 39.2 Å². The number of anilines is 3. The number of hydrogen-bond donors (Lipinski definition) is 2. The first-order valence-electron chi connectivity index (χ1n) is 12.7. The van der Waals surface area contributed by atoms with Crippen LogP contribution < -0.4 is 29.7 Å². The number of fused-ring (bicyclic) bond motifs is 1. The van der Waals surface area contributed by atoms with Crippen LogP contribution in [0, 0.1) is 0 Å². The Morgan fingerprint density at radius 1 is 1.00 bits per heavy atom. The fourth-order valence-corrected chi connectivity index (χ4v) is 4.78. The number of esters is 1. The van der Waals surface area contributed by atoms with Gasteiger partial charge in [-0.2, -0.15) is 0 Å². The Morgan fingerprint density at radius 3 is 2.42 bits per heavy atom. The molecule has 200 valence electrons. The molecule has 1 heterocycles. The maximum absolute atomic E-state index is 13.3. The zero-order chi connectivity index (χ0) is 27.4. The first kappa shape index (κ1) is 26.9. The van der Waals surface area contributed by atoms with Gasteiger partial charge in [-0.3, -0.25) is 9.59 Å². The van der Waals surface area contributed by atoms with Crippen LogP contribution in [0.5, 0.6) is 17.2 Å². The predicted molar refractivity (Wildman–Crippen MR) is 150 cm³/mol. The van der Waals surface area contributed by atoms with E-state index in [4.69, 9.17) is 14.2 Å². The molecule has 3 aromatic carbocycles. The Balaban J connectivity index is 1.83. The van der Waals surface area contributed by atoms with Crippen molar-refractivity contribution < 1.29 is 23.8 Å². The highest BCUT2D eigenvalue weighted by molar-refractivity contribution is 6.09. The number of amides is 1. The molecule has 0 bridgehead atoms. The van der Waals surface area contributed by atoms with E-state index in [1.54, 1.807) is 38.3 Å². The smallest absolute Gasteiger partial charge is 0.311 e. The third-order valence-electron chi connectivity index (χ3n) is 6.62. The molecule has 0 aliphatic carbocycles. The maximum Gasteiger partial charge on any atom is 0.311 e. The minimum Gasteiger partial charge on any atom is -0.496 e. The molecule has 0 unspecified atom stereocenters. The second-order valence-electron chi connectivity index (χ2n) is 9.74. The highest BCUT2D eigenvalue weighted by Gasteiger charge is 2.38. The molecular formula is C30H35N3O5. The van der Waals surface area contributed by atoms with E-state index in [1.807, 2.05) is 63.2 Å². The van der Waals surface area contributed by atoms with Crippen LogP contribution in [0.2, 0.25) is 0 Å². The average Bonchev–Trinajstić information content (AvgIpc) is 2.90. The van der Waals surface area contributed by atoms with Crippen LogP contribution in [0.25, 0.3) is 11.1 Å². The van der Waals surface area contributed by atoms with E-state index in [2.05, 4.69) is 10.6 Å². The van der Waals surface area contributed by atoms with Crippen LogP contribution in [-0.2, 0) is 16.1 Å². The van der Waals surface area contributed by atoms with Crippen LogP contribution in [0.4, 0.5) is 17.1 Å². The fourth-order valence-electron chi connectivity index (χ4n) is 4.78. The molecule has 1 aliphatic heterocycles. The van der Waals surface area contributed by atoms with Gasteiger partial charge in [0.1, 0.15) is 22.8 Å². The van der Waals surface area contributed by atoms with Gasteiger partial charge in [-0.25, -0.2) is 0 Å². The van der Waals surface area contributed by atoms with Crippen molar-refractivity contribution in [2.45, 2.75) is 45.7 Å². The van der Waals surface area contributed by atoms with Crippen LogP contribution >= 0.6 is 0 Å². The molecule has 0 atom stereocenters. The van der Waals surface area contributed by atoms with Gasteiger partial charge in [-0.05, 0) is 56.2 Å². The molecule has 2 N–H and O–H groups in total. The summed E-state index contributed by atoms with van der Waals surface area (Å²) in [7, 11) is 5.02. The lowest BCUT2D eigenvalue weighted by atomic mass is 9.91.